The lowest BCUT2D eigenvalue weighted by Gasteiger charge is -2.11. The van der Waals surface area contributed by atoms with Gasteiger partial charge in [0.1, 0.15) is 6.10 Å². The smallest absolute Gasteiger partial charge is 0.163 e. The van der Waals surface area contributed by atoms with Crippen molar-refractivity contribution in [1.29, 1.82) is 0 Å². The van der Waals surface area contributed by atoms with E-state index in [4.69, 9.17) is 4.74 Å². The van der Waals surface area contributed by atoms with Gasteiger partial charge in [-0.15, -0.1) is 0 Å². The van der Waals surface area contributed by atoms with Gasteiger partial charge in [0, 0.05) is 7.11 Å². The second kappa shape index (κ2) is 4.02. The minimum atomic E-state index is -0.411. The summed E-state index contributed by atoms with van der Waals surface area (Å²) in [6, 6.07) is 9.47. The molecule has 0 saturated carbocycles. The maximum absolute atomic E-state index is 11.1. The molecule has 0 amide bonds. The molecule has 64 valence electrons. The van der Waals surface area contributed by atoms with Crippen molar-refractivity contribution in [3.63, 3.8) is 0 Å². The second-order valence-electron chi connectivity index (χ2n) is 2.64. The molecule has 0 radical (unpaired) electrons. The number of hydrogen-bond donors (Lipinski definition) is 0. The maximum Gasteiger partial charge on any atom is 0.163 e. The largest absolute Gasteiger partial charge is 0.369 e. The molecule has 1 rings (SSSR count). The van der Waals surface area contributed by atoms with Crippen LogP contribution in [0.4, 0.5) is 0 Å². The van der Waals surface area contributed by atoms with Crippen molar-refractivity contribution in [2.45, 2.75) is 13.0 Å². The summed E-state index contributed by atoms with van der Waals surface area (Å²) in [5.41, 5.74) is 0.910. The average Bonchev–Trinajstić information content (AvgIpc) is 2.07. The molecule has 0 aromatic heterocycles. The van der Waals surface area contributed by atoms with Crippen molar-refractivity contribution in [3.05, 3.63) is 35.9 Å². The summed E-state index contributed by atoms with van der Waals surface area (Å²) in [7, 11) is 1.54. The van der Waals surface area contributed by atoms with Gasteiger partial charge in [0.2, 0.25) is 0 Å². The van der Waals surface area contributed by atoms with Crippen molar-refractivity contribution in [2.75, 3.05) is 7.11 Å². The van der Waals surface area contributed by atoms with Gasteiger partial charge in [0.25, 0.3) is 0 Å². The van der Waals surface area contributed by atoms with E-state index in [0.717, 1.165) is 5.56 Å². The Kier molecular flexibility index (Phi) is 3.00. The van der Waals surface area contributed by atoms with E-state index in [-0.39, 0.29) is 5.78 Å². The first-order chi connectivity index (χ1) is 5.75. The summed E-state index contributed by atoms with van der Waals surface area (Å²) in [5.74, 6) is 0.0312. The molecule has 1 aromatic carbocycles. The lowest BCUT2D eigenvalue weighted by Crippen LogP contribution is -2.10. The monoisotopic (exact) mass is 164 g/mol. The van der Waals surface area contributed by atoms with Gasteiger partial charge >= 0.3 is 0 Å². The fourth-order valence-electron chi connectivity index (χ4n) is 1.16. The predicted molar refractivity (Wildman–Crippen MR) is 46.9 cm³/mol. The number of Topliss-reactive ketones (excluding diaryl/α,β-unsaturated/α-hetero) is 1. The highest BCUT2D eigenvalue weighted by Crippen LogP contribution is 2.16. The van der Waals surface area contributed by atoms with E-state index in [1.807, 2.05) is 30.3 Å². The van der Waals surface area contributed by atoms with Gasteiger partial charge in [-0.3, -0.25) is 4.79 Å². The van der Waals surface area contributed by atoms with Crippen LogP contribution in [0.1, 0.15) is 18.6 Å². The summed E-state index contributed by atoms with van der Waals surface area (Å²) < 4.78 is 5.05. The summed E-state index contributed by atoms with van der Waals surface area (Å²) in [6.07, 6.45) is -0.411. The number of rotatable bonds is 3. The van der Waals surface area contributed by atoms with Crippen LogP contribution in [-0.2, 0) is 9.53 Å². The Morgan fingerprint density at radius 1 is 1.33 bits per heavy atom. The van der Waals surface area contributed by atoms with Crippen molar-refractivity contribution in [2.24, 2.45) is 0 Å². The zero-order valence-electron chi connectivity index (χ0n) is 7.28. The molecule has 0 bridgehead atoms. The van der Waals surface area contributed by atoms with Gasteiger partial charge in [-0.25, -0.2) is 0 Å². The normalized spacial score (nSPS) is 12.5. The standard InChI is InChI=1S/C10H12O2/c1-8(11)10(12-2)9-6-4-3-5-7-9/h3-7,10H,1-2H3/t10-/m0/s1. The van der Waals surface area contributed by atoms with E-state index in [2.05, 4.69) is 0 Å². The summed E-state index contributed by atoms with van der Waals surface area (Å²) in [5, 5.41) is 0. The first-order valence-corrected chi connectivity index (χ1v) is 3.84. The molecular formula is C10H12O2. The zero-order valence-corrected chi connectivity index (χ0v) is 7.28. The molecule has 0 fully saturated rings. The van der Waals surface area contributed by atoms with E-state index < -0.39 is 6.10 Å². The lowest BCUT2D eigenvalue weighted by atomic mass is 10.1. The van der Waals surface area contributed by atoms with Crippen LogP contribution < -0.4 is 0 Å². The van der Waals surface area contributed by atoms with Crippen LogP contribution >= 0.6 is 0 Å². The number of hydrogen-bond acceptors (Lipinski definition) is 2. The first kappa shape index (κ1) is 8.94. The van der Waals surface area contributed by atoms with E-state index in [9.17, 15) is 4.79 Å². The molecule has 0 N–H and O–H groups in total. The summed E-state index contributed by atoms with van der Waals surface area (Å²) in [4.78, 5) is 11.1. The molecule has 2 nitrogen and oxygen atoms in total. The van der Waals surface area contributed by atoms with Gasteiger partial charge in [-0.05, 0) is 12.5 Å². The lowest BCUT2D eigenvalue weighted by molar-refractivity contribution is -0.126. The molecule has 0 aliphatic carbocycles. The zero-order chi connectivity index (χ0) is 8.97. The van der Waals surface area contributed by atoms with Gasteiger partial charge < -0.3 is 4.74 Å². The van der Waals surface area contributed by atoms with Gasteiger partial charge in [-0.2, -0.15) is 0 Å². The molecule has 0 heterocycles. The molecule has 0 aliphatic heterocycles. The Bertz CT molecular complexity index is 254. The van der Waals surface area contributed by atoms with Crippen molar-refractivity contribution >= 4 is 5.78 Å². The fraction of sp³-hybridized carbons (Fsp3) is 0.300. The van der Waals surface area contributed by atoms with Crippen LogP contribution in [0.2, 0.25) is 0 Å². The highest BCUT2D eigenvalue weighted by molar-refractivity contribution is 5.81. The van der Waals surface area contributed by atoms with Crippen LogP contribution in [0.25, 0.3) is 0 Å². The van der Waals surface area contributed by atoms with Gasteiger partial charge in [0.05, 0.1) is 0 Å². The Balaban J connectivity index is 2.88. The molecule has 1 atom stereocenters. The molecule has 1 aromatic rings. The molecule has 0 spiro atoms. The van der Waals surface area contributed by atoms with Crippen LogP contribution in [0.15, 0.2) is 30.3 Å². The van der Waals surface area contributed by atoms with Crippen molar-refractivity contribution in [1.82, 2.24) is 0 Å². The number of methoxy groups -OCH3 is 1. The third-order valence-electron chi connectivity index (χ3n) is 1.71. The van der Waals surface area contributed by atoms with E-state index in [1.165, 1.54) is 6.92 Å². The first-order valence-electron chi connectivity index (χ1n) is 3.84. The quantitative estimate of drug-likeness (QED) is 0.682. The number of carbonyl (C=O) groups excluding carboxylic acids is 1. The van der Waals surface area contributed by atoms with Crippen LogP contribution in [0.3, 0.4) is 0 Å². The topological polar surface area (TPSA) is 26.3 Å². The Hall–Kier alpha value is -1.15. The van der Waals surface area contributed by atoms with E-state index in [1.54, 1.807) is 7.11 Å². The Morgan fingerprint density at radius 3 is 2.33 bits per heavy atom. The number of benzene rings is 1. The second-order valence-corrected chi connectivity index (χ2v) is 2.64. The van der Waals surface area contributed by atoms with Crippen LogP contribution in [0.5, 0.6) is 0 Å². The number of ketones is 1. The highest BCUT2D eigenvalue weighted by atomic mass is 16.5. The van der Waals surface area contributed by atoms with Crippen molar-refractivity contribution < 1.29 is 9.53 Å². The molecule has 0 saturated heterocycles. The Labute approximate surface area is 72.2 Å². The summed E-state index contributed by atoms with van der Waals surface area (Å²) in [6.45, 7) is 1.53. The molecule has 2 heteroatoms. The maximum atomic E-state index is 11.1. The molecule has 0 aliphatic rings. The molecular weight excluding hydrogens is 152 g/mol. The minimum Gasteiger partial charge on any atom is -0.369 e. The minimum absolute atomic E-state index is 0.0312. The third kappa shape index (κ3) is 1.92. The molecule has 0 unspecified atom stereocenters. The number of ether oxygens (including phenoxy) is 1. The summed E-state index contributed by atoms with van der Waals surface area (Å²) >= 11 is 0. The van der Waals surface area contributed by atoms with Gasteiger partial charge in [-0.1, -0.05) is 30.3 Å². The molecule has 12 heavy (non-hydrogen) atoms. The van der Waals surface area contributed by atoms with E-state index in [0.29, 0.717) is 0 Å². The fourth-order valence-corrected chi connectivity index (χ4v) is 1.16. The van der Waals surface area contributed by atoms with Crippen molar-refractivity contribution in [3.8, 4) is 0 Å². The van der Waals surface area contributed by atoms with Crippen LogP contribution in [-0.4, -0.2) is 12.9 Å². The highest BCUT2D eigenvalue weighted by Gasteiger charge is 2.14. The number of carbonyl (C=O) groups is 1. The van der Waals surface area contributed by atoms with Gasteiger partial charge in [0.15, 0.2) is 5.78 Å². The van der Waals surface area contributed by atoms with Crippen LogP contribution in [0, 0.1) is 0 Å². The predicted octanol–water partition coefficient (Wildman–Crippen LogP) is 1.96. The van der Waals surface area contributed by atoms with E-state index >= 15 is 0 Å². The SMILES string of the molecule is CO[C@@H](C(C)=O)c1ccccc1. The third-order valence-corrected chi connectivity index (χ3v) is 1.71. The average molecular weight is 164 g/mol. The Morgan fingerprint density at radius 2 is 1.92 bits per heavy atom.